The first kappa shape index (κ1) is 45.8. The van der Waals surface area contributed by atoms with Crippen molar-refractivity contribution in [3.63, 3.8) is 0 Å². The van der Waals surface area contributed by atoms with Crippen molar-refractivity contribution in [1.29, 1.82) is 0 Å². The summed E-state index contributed by atoms with van der Waals surface area (Å²) in [5.74, 6) is 0. The minimum absolute atomic E-state index is 0. The van der Waals surface area contributed by atoms with E-state index in [0.717, 1.165) is 19.3 Å². The second-order valence-electron chi connectivity index (χ2n) is 16.8. The van der Waals surface area contributed by atoms with E-state index in [-0.39, 0.29) is 35.6 Å². The van der Waals surface area contributed by atoms with Gasteiger partial charge in [-0.3, -0.25) is 6.08 Å². The van der Waals surface area contributed by atoms with Gasteiger partial charge in [0.25, 0.3) is 0 Å². The van der Waals surface area contributed by atoms with Crippen molar-refractivity contribution in [2.45, 2.75) is 85.5 Å². The molecule has 0 atom stereocenters. The first-order valence-electron chi connectivity index (χ1n) is 19.6. The fraction of sp³-hybridized carbons (Fsp3) is 0.241. The molecule has 0 saturated heterocycles. The van der Waals surface area contributed by atoms with E-state index >= 15 is 0 Å². The summed E-state index contributed by atoms with van der Waals surface area (Å²) >= 11 is 1.50. The van der Waals surface area contributed by atoms with Crippen LogP contribution in [0.5, 0.6) is 0 Å². The fourth-order valence-corrected chi connectivity index (χ4v) is 8.37. The van der Waals surface area contributed by atoms with Crippen molar-refractivity contribution in [2.24, 2.45) is 0 Å². The van der Waals surface area contributed by atoms with Crippen LogP contribution in [0.25, 0.3) is 33.4 Å². The van der Waals surface area contributed by atoms with Gasteiger partial charge in [0.15, 0.2) is 0 Å². The number of allylic oxidation sites excluding steroid dienone is 4. The van der Waals surface area contributed by atoms with E-state index in [1.54, 1.807) is 0 Å². The molecule has 0 nitrogen and oxygen atoms in total. The maximum absolute atomic E-state index is 3.93. The van der Waals surface area contributed by atoms with Crippen LogP contribution in [0, 0.1) is 26.0 Å². The minimum atomic E-state index is 0. The Labute approximate surface area is 370 Å². The zero-order valence-electron chi connectivity index (χ0n) is 34.8. The first-order valence-corrected chi connectivity index (χ1v) is 20.8. The summed E-state index contributed by atoms with van der Waals surface area (Å²) in [5, 5.41) is 0. The van der Waals surface area contributed by atoms with E-state index in [1.165, 1.54) is 105 Å². The Morgan fingerprint density at radius 2 is 1.14 bits per heavy atom. The van der Waals surface area contributed by atoms with Gasteiger partial charge in [-0.2, -0.15) is 6.08 Å². The first-order chi connectivity index (χ1) is 26.3. The van der Waals surface area contributed by atoms with Crippen molar-refractivity contribution < 1.29 is 24.2 Å². The molecule has 0 amide bonds. The number of rotatable bonds is 5. The van der Waals surface area contributed by atoms with Gasteiger partial charge in [-0.25, -0.2) is 12.2 Å². The van der Waals surface area contributed by atoms with Gasteiger partial charge >= 0.3 is 106 Å². The third-order valence-corrected chi connectivity index (χ3v) is 11.6. The summed E-state index contributed by atoms with van der Waals surface area (Å²) in [7, 11) is 0. The number of benzene rings is 6. The third kappa shape index (κ3) is 11.4. The van der Waals surface area contributed by atoms with Gasteiger partial charge in [0.2, 0.25) is 0 Å². The Balaban J connectivity index is 0.000000270. The van der Waals surface area contributed by atoms with Crippen LogP contribution in [0.2, 0.25) is 0 Å². The Morgan fingerprint density at radius 1 is 0.596 bits per heavy atom. The van der Waals surface area contributed by atoms with Crippen molar-refractivity contribution in [1.82, 2.24) is 0 Å². The molecular weight excluding hydrogens is 811 g/mol. The molecule has 0 fully saturated rings. The summed E-state index contributed by atoms with van der Waals surface area (Å²) < 4.78 is 1.51. The van der Waals surface area contributed by atoms with Gasteiger partial charge in [-0.15, -0.1) is 60.1 Å². The molecule has 0 spiro atoms. The van der Waals surface area contributed by atoms with E-state index in [4.69, 9.17) is 0 Å². The molecule has 0 unspecified atom stereocenters. The number of fused-ring (bicyclic) bond motifs is 3. The predicted octanol–water partition coefficient (Wildman–Crippen LogP) is 14.7. The SMILES string of the molecule is Cc1ccccc1-c1[c-]c2c(cc1C(C)(C)C)-c1cc(C(C)(C)C)c(-c3ccccc3C)cc1C2.Cl.Cl.[C-]1=CC=CC1.[Zr+2]=[C](Cc1ccccc1)c1ccccc1. The standard InChI is InChI=1S/C35H37.C14H12.C5H5.2ClH.Zr/c1-22-13-9-11-15-26(22)30-18-24-17-25-19-31(27-16-12-10-14-23(27)2)33(35(6,7)8)21-29(25)28(24)20-32(30)34(3,4)5;1-3-7-13(8-4-1)11-12-14-9-5-2-6-10-14;1-2-4-5-3-1;;;/h9-16,18,20-21H,17H2,1-8H3;1-10H,11H2;1-3H,4H2;2*1H;/q-1;;-1;;;+2. The van der Waals surface area contributed by atoms with E-state index in [0.29, 0.717) is 0 Å². The average molecular weight is 867 g/mol. The van der Waals surface area contributed by atoms with E-state index in [9.17, 15) is 0 Å². The molecule has 290 valence electrons. The molecule has 2 aliphatic rings. The second kappa shape index (κ2) is 20.2. The molecule has 0 saturated carbocycles. The zero-order chi connectivity index (χ0) is 39.2. The molecule has 8 rings (SSSR count). The van der Waals surface area contributed by atoms with Crippen LogP contribution < -0.4 is 0 Å². The van der Waals surface area contributed by atoms with Crippen LogP contribution >= 0.6 is 24.8 Å². The van der Waals surface area contributed by atoms with Crippen molar-refractivity contribution in [2.75, 3.05) is 0 Å². The number of hydrogen-bond acceptors (Lipinski definition) is 0. The summed E-state index contributed by atoms with van der Waals surface area (Å²) in [6.07, 6.45) is 12.0. The molecular formula is C54H56Cl2Zr. The molecule has 0 radical (unpaired) electrons. The second-order valence-corrected chi connectivity index (χ2v) is 18.3. The van der Waals surface area contributed by atoms with Crippen molar-refractivity contribution in [3.8, 4) is 33.4 Å². The van der Waals surface area contributed by atoms with E-state index < -0.39 is 0 Å². The van der Waals surface area contributed by atoms with Gasteiger partial charge in [0.05, 0.1) is 0 Å². The Hall–Kier alpha value is -3.87. The van der Waals surface area contributed by atoms with Crippen LogP contribution in [0.3, 0.4) is 0 Å². The average Bonchev–Trinajstić information content (AvgIpc) is 3.87. The van der Waals surface area contributed by atoms with E-state index in [1.807, 2.05) is 12.2 Å². The fourth-order valence-electron chi connectivity index (χ4n) is 7.46. The maximum atomic E-state index is 3.93. The molecule has 6 aromatic carbocycles. The van der Waals surface area contributed by atoms with Crippen molar-refractivity contribution in [3.05, 3.63) is 202 Å². The monoisotopic (exact) mass is 864 g/mol. The predicted molar refractivity (Wildman–Crippen MR) is 248 cm³/mol. The summed E-state index contributed by atoms with van der Waals surface area (Å²) in [6, 6.07) is 50.2. The van der Waals surface area contributed by atoms with Gasteiger partial charge < -0.3 is 0 Å². The van der Waals surface area contributed by atoms with Gasteiger partial charge in [-0.1, -0.05) is 124 Å². The number of halogens is 2. The van der Waals surface area contributed by atoms with Gasteiger partial charge in [-0.05, 0) is 58.9 Å². The number of hydrogen-bond donors (Lipinski definition) is 0. The van der Waals surface area contributed by atoms with E-state index in [2.05, 4.69) is 201 Å². The van der Waals surface area contributed by atoms with Gasteiger partial charge in [0, 0.05) is 0 Å². The summed E-state index contributed by atoms with van der Waals surface area (Å²) in [4.78, 5) is 0. The third-order valence-electron chi connectivity index (χ3n) is 10.5. The normalized spacial score (nSPS) is 12.2. The molecule has 2 aliphatic carbocycles. The van der Waals surface area contributed by atoms with Gasteiger partial charge in [0.1, 0.15) is 0 Å². The number of aryl methyl sites for hydroxylation is 2. The quantitative estimate of drug-likeness (QED) is 0.151. The molecule has 6 aromatic rings. The zero-order valence-corrected chi connectivity index (χ0v) is 38.9. The molecule has 0 N–H and O–H groups in total. The van der Waals surface area contributed by atoms with Crippen LogP contribution in [0.15, 0.2) is 146 Å². The Bertz CT molecular complexity index is 2210. The Kier molecular flexibility index (Phi) is 16.2. The van der Waals surface area contributed by atoms with Crippen LogP contribution in [-0.4, -0.2) is 3.21 Å². The Morgan fingerprint density at radius 3 is 1.67 bits per heavy atom. The summed E-state index contributed by atoms with van der Waals surface area (Å²) in [6.45, 7) is 18.4. The molecule has 0 aliphatic heterocycles. The molecule has 57 heavy (non-hydrogen) atoms. The van der Waals surface area contributed by atoms with Crippen LogP contribution in [0.1, 0.15) is 92.5 Å². The topological polar surface area (TPSA) is 0 Å². The van der Waals surface area contributed by atoms with Crippen LogP contribution in [-0.2, 0) is 47.9 Å². The van der Waals surface area contributed by atoms with Crippen LogP contribution in [0.4, 0.5) is 0 Å². The molecule has 3 heteroatoms. The van der Waals surface area contributed by atoms with Crippen molar-refractivity contribution >= 4 is 28.0 Å². The molecule has 0 heterocycles. The molecule has 0 bridgehead atoms. The molecule has 0 aromatic heterocycles. The summed E-state index contributed by atoms with van der Waals surface area (Å²) in [5.41, 5.74) is 19.1.